The number of nitrogens with zero attached hydrogens (tertiary/aromatic N) is 1. The van der Waals surface area contributed by atoms with E-state index in [1.54, 1.807) is 12.1 Å². The molecule has 1 aromatic carbocycles. The normalized spacial score (nSPS) is 13.3. The van der Waals surface area contributed by atoms with Gasteiger partial charge in [0.2, 0.25) is 0 Å². The van der Waals surface area contributed by atoms with Crippen LogP contribution in [-0.2, 0) is 6.18 Å². The minimum absolute atomic E-state index is 0.152. The van der Waals surface area contributed by atoms with Crippen molar-refractivity contribution in [1.82, 2.24) is 4.98 Å². The average molecular weight is 332 g/mol. The molecule has 0 saturated carbocycles. The summed E-state index contributed by atoms with van der Waals surface area (Å²) in [6.45, 7) is 0. The quantitative estimate of drug-likeness (QED) is 0.904. The van der Waals surface area contributed by atoms with Gasteiger partial charge >= 0.3 is 6.18 Å². The lowest BCUT2D eigenvalue weighted by Crippen LogP contribution is -2.13. The number of hydrogen-bond donors (Lipinski definition) is 1. The van der Waals surface area contributed by atoms with Gasteiger partial charge in [0.25, 0.3) is 0 Å². The van der Waals surface area contributed by atoms with Gasteiger partial charge in [-0.3, -0.25) is 4.98 Å². The molecule has 1 unspecified atom stereocenters. The molecule has 1 atom stereocenters. The number of aromatic nitrogens is 1. The number of halogens is 4. The third kappa shape index (κ3) is 2.96. The van der Waals surface area contributed by atoms with Crippen LogP contribution in [0.1, 0.15) is 22.9 Å². The van der Waals surface area contributed by atoms with E-state index < -0.39 is 17.8 Å². The second-order valence-corrected chi connectivity index (χ2v) is 4.71. The van der Waals surface area contributed by atoms with Gasteiger partial charge in [0.05, 0.1) is 11.3 Å². The Morgan fingerprint density at radius 2 is 1.79 bits per heavy atom. The average Bonchev–Trinajstić information content (AvgIpc) is 2.37. The van der Waals surface area contributed by atoms with Crippen molar-refractivity contribution >= 4 is 15.9 Å². The van der Waals surface area contributed by atoms with Crippen LogP contribution in [0.15, 0.2) is 47.1 Å². The van der Waals surface area contributed by atoms with Crippen LogP contribution in [0.4, 0.5) is 13.2 Å². The van der Waals surface area contributed by atoms with Crippen LogP contribution < -0.4 is 0 Å². The van der Waals surface area contributed by atoms with E-state index in [2.05, 4.69) is 20.9 Å². The summed E-state index contributed by atoms with van der Waals surface area (Å²) in [7, 11) is 0. The number of aliphatic hydroxyl groups excluding tert-OH is 1. The fourth-order valence-corrected chi connectivity index (χ4v) is 2.21. The van der Waals surface area contributed by atoms with Crippen LogP contribution in [-0.4, -0.2) is 10.1 Å². The highest BCUT2D eigenvalue weighted by Gasteiger charge is 2.35. The molecular weight excluding hydrogens is 323 g/mol. The third-order valence-electron chi connectivity index (χ3n) is 2.61. The Morgan fingerprint density at radius 3 is 2.42 bits per heavy atom. The molecule has 0 aliphatic rings. The molecule has 0 fully saturated rings. The fourth-order valence-electron chi connectivity index (χ4n) is 1.74. The predicted molar refractivity (Wildman–Crippen MR) is 67.4 cm³/mol. The zero-order valence-corrected chi connectivity index (χ0v) is 11.1. The number of aliphatic hydroxyl groups is 1. The van der Waals surface area contributed by atoms with Crippen molar-refractivity contribution in [2.45, 2.75) is 12.3 Å². The van der Waals surface area contributed by atoms with Crippen molar-refractivity contribution in [2.75, 3.05) is 0 Å². The first-order valence-electron chi connectivity index (χ1n) is 5.36. The maximum Gasteiger partial charge on any atom is 0.416 e. The molecule has 1 aromatic heterocycles. The van der Waals surface area contributed by atoms with Crippen LogP contribution in [0.25, 0.3) is 0 Å². The molecule has 0 amide bonds. The van der Waals surface area contributed by atoms with E-state index >= 15 is 0 Å². The second-order valence-electron chi connectivity index (χ2n) is 3.86. The van der Waals surface area contributed by atoms with Crippen LogP contribution in [0, 0.1) is 0 Å². The Labute approximate surface area is 116 Å². The molecule has 1 heterocycles. The zero-order valence-electron chi connectivity index (χ0n) is 9.53. The lowest BCUT2D eigenvalue weighted by molar-refractivity contribution is -0.139. The maximum absolute atomic E-state index is 12.9. The summed E-state index contributed by atoms with van der Waals surface area (Å²) < 4.78 is 39.1. The van der Waals surface area contributed by atoms with Gasteiger partial charge in [-0.05, 0) is 39.7 Å². The van der Waals surface area contributed by atoms with E-state index in [4.69, 9.17) is 0 Å². The summed E-state index contributed by atoms with van der Waals surface area (Å²) >= 11 is 3.17. The lowest BCUT2D eigenvalue weighted by Gasteiger charge is -2.17. The largest absolute Gasteiger partial charge is 0.416 e. The Kier molecular flexibility index (Phi) is 3.91. The number of alkyl halides is 3. The molecule has 2 nitrogen and oxygen atoms in total. The molecule has 2 aromatic rings. The van der Waals surface area contributed by atoms with Gasteiger partial charge in [-0.15, -0.1) is 0 Å². The van der Waals surface area contributed by atoms with Gasteiger partial charge in [0.15, 0.2) is 0 Å². The smallest absolute Gasteiger partial charge is 0.382 e. The maximum atomic E-state index is 12.9. The number of rotatable bonds is 2. The molecule has 100 valence electrons. The molecular formula is C13H9BrF3NO. The number of hydrogen-bond acceptors (Lipinski definition) is 2. The Bertz CT molecular complexity index is 586. The zero-order chi connectivity index (χ0) is 14.0. The molecule has 0 spiro atoms. The first-order chi connectivity index (χ1) is 8.91. The highest BCUT2D eigenvalue weighted by Crippen LogP contribution is 2.37. The molecule has 0 saturated heterocycles. The topological polar surface area (TPSA) is 33.1 Å². The van der Waals surface area contributed by atoms with Crippen LogP contribution in [0.3, 0.4) is 0 Å². The number of benzene rings is 1. The fraction of sp³-hybridized carbons (Fsp3) is 0.154. The van der Waals surface area contributed by atoms with Crippen molar-refractivity contribution in [3.63, 3.8) is 0 Å². The lowest BCUT2D eigenvalue weighted by atomic mass is 9.99. The molecule has 1 N–H and O–H groups in total. The third-order valence-corrected chi connectivity index (χ3v) is 3.28. The summed E-state index contributed by atoms with van der Waals surface area (Å²) in [4.78, 5) is 3.91. The van der Waals surface area contributed by atoms with Gasteiger partial charge in [-0.1, -0.05) is 18.2 Å². The molecule has 2 rings (SSSR count). The van der Waals surface area contributed by atoms with Gasteiger partial charge in [0.1, 0.15) is 6.10 Å². The first kappa shape index (κ1) is 14.0. The minimum atomic E-state index is -4.52. The van der Waals surface area contributed by atoms with Gasteiger partial charge in [0, 0.05) is 10.7 Å². The summed E-state index contributed by atoms with van der Waals surface area (Å²) in [5.41, 5.74) is -0.923. The van der Waals surface area contributed by atoms with Crippen molar-refractivity contribution in [2.24, 2.45) is 0 Å². The standard InChI is InChI=1S/C13H9BrF3NO/c14-10-6-3-7-18-11(10)12(19)8-4-1-2-5-9(8)13(15,16)17/h1-7,12,19H. The van der Waals surface area contributed by atoms with Gasteiger partial charge in [-0.25, -0.2) is 0 Å². The summed E-state index contributed by atoms with van der Waals surface area (Å²) in [5, 5.41) is 10.1. The van der Waals surface area contributed by atoms with Crippen molar-refractivity contribution in [3.05, 3.63) is 63.9 Å². The Balaban J connectivity index is 2.51. The summed E-state index contributed by atoms with van der Waals surface area (Å²) in [5.74, 6) is 0. The van der Waals surface area contributed by atoms with Crippen LogP contribution >= 0.6 is 15.9 Å². The van der Waals surface area contributed by atoms with E-state index in [0.29, 0.717) is 4.47 Å². The van der Waals surface area contributed by atoms with Crippen molar-refractivity contribution in [1.29, 1.82) is 0 Å². The SMILES string of the molecule is OC(c1ccccc1C(F)(F)F)c1ncccc1Br. The highest BCUT2D eigenvalue weighted by molar-refractivity contribution is 9.10. The van der Waals surface area contributed by atoms with Crippen LogP contribution in [0.2, 0.25) is 0 Å². The van der Waals surface area contributed by atoms with Crippen molar-refractivity contribution < 1.29 is 18.3 Å². The minimum Gasteiger partial charge on any atom is -0.382 e. The molecule has 0 aliphatic carbocycles. The molecule has 6 heteroatoms. The number of pyridine rings is 1. The van der Waals surface area contributed by atoms with Gasteiger partial charge in [-0.2, -0.15) is 13.2 Å². The first-order valence-corrected chi connectivity index (χ1v) is 6.15. The van der Waals surface area contributed by atoms with E-state index in [1.807, 2.05) is 0 Å². The summed E-state index contributed by atoms with van der Waals surface area (Å²) in [6, 6.07) is 8.15. The van der Waals surface area contributed by atoms with E-state index in [0.717, 1.165) is 6.07 Å². The highest BCUT2D eigenvalue weighted by atomic mass is 79.9. The predicted octanol–water partition coefficient (Wildman–Crippen LogP) is 3.94. The monoisotopic (exact) mass is 331 g/mol. The Morgan fingerprint density at radius 1 is 1.11 bits per heavy atom. The molecule has 19 heavy (non-hydrogen) atoms. The van der Waals surface area contributed by atoms with Crippen LogP contribution in [0.5, 0.6) is 0 Å². The molecule has 0 bridgehead atoms. The van der Waals surface area contributed by atoms with Crippen molar-refractivity contribution in [3.8, 4) is 0 Å². The van der Waals surface area contributed by atoms with E-state index in [-0.39, 0.29) is 11.3 Å². The van der Waals surface area contributed by atoms with E-state index in [9.17, 15) is 18.3 Å². The van der Waals surface area contributed by atoms with E-state index in [1.165, 1.54) is 24.4 Å². The molecule has 0 radical (unpaired) electrons. The van der Waals surface area contributed by atoms with Gasteiger partial charge < -0.3 is 5.11 Å². The molecule has 0 aliphatic heterocycles. The summed E-state index contributed by atoms with van der Waals surface area (Å²) in [6.07, 6.45) is -4.54. The Hall–Kier alpha value is -1.40. The second kappa shape index (κ2) is 5.30.